The van der Waals surface area contributed by atoms with Crippen molar-refractivity contribution in [1.82, 2.24) is 40.9 Å². The first-order valence-corrected chi connectivity index (χ1v) is 29.3. The zero-order chi connectivity index (χ0) is 57.9. The molecule has 8 N–H and O–H groups in total. The van der Waals surface area contributed by atoms with Gasteiger partial charge in [0, 0.05) is 72.9 Å². The van der Waals surface area contributed by atoms with Crippen LogP contribution in [0.1, 0.15) is 119 Å². The number of carbonyl (C=O) groups is 9. The van der Waals surface area contributed by atoms with Crippen LogP contribution in [0.15, 0.2) is 72.8 Å². The number of piperidine rings is 2. The van der Waals surface area contributed by atoms with Crippen molar-refractivity contribution >= 4 is 82.2 Å². The molecule has 4 aromatic rings. The van der Waals surface area contributed by atoms with Crippen molar-refractivity contribution in [3.05, 3.63) is 105 Å². The first kappa shape index (κ1) is 58.2. The molecule has 0 aliphatic carbocycles. The van der Waals surface area contributed by atoms with Gasteiger partial charge in [-0.15, -0.1) is 11.3 Å². The topological polar surface area (TPSA) is 298 Å². The molecule has 9 amide bonds. The van der Waals surface area contributed by atoms with E-state index >= 15 is 0 Å². The molecular weight excluding hydrogens is 1090 g/mol. The Labute approximate surface area is 468 Å². The quantitative estimate of drug-likeness (QED) is 0.0482. The minimum absolute atomic E-state index is 0.0297. The standard InChI is InChI=1S/C56H62F2N9O12PS/c1-64-25-24-37-15-17-43(67(37)54(75)41(31-64)61-52(73)45-29-35-28-36(14-19-44(35)81-45)56(57,58)80(77,78)79)51(72)60-40(16-20-46(59)68)49(70)63-48(34-10-3-2-4-11-34)55(76)65-26-22-32(23-27-65)8-5-6-9-33-12-7-13-38-39(33)30-66(53(38)74)42-18-21-47(69)62-50(42)71/h2-4,7,10-14,19,28-29,32,37,40-43,48H,5,8,15-18,20-27,30-31H2,1H3,(H2,59,68)(H,60,72)(H,61,73)(H,63,70)(H,62,69,71)(H2,77,78,79)/t37-,40?,41+,42?,43+,48?/m1/s1. The van der Waals surface area contributed by atoms with Gasteiger partial charge >= 0.3 is 13.3 Å². The number of likely N-dealkylation sites (N-methyl/N-ethyl adjacent to an activating group) is 1. The number of primary amides is 1. The number of fused-ring (bicyclic) bond motifs is 3. The Balaban J connectivity index is 0.831. The number of amides is 9. The summed E-state index contributed by atoms with van der Waals surface area (Å²) in [6.45, 7) is 1.51. The summed E-state index contributed by atoms with van der Waals surface area (Å²) in [5.41, 5.74) is 2.53. The first-order chi connectivity index (χ1) is 38.6. The molecule has 81 heavy (non-hydrogen) atoms. The molecule has 21 nitrogen and oxygen atoms in total. The van der Waals surface area contributed by atoms with Crippen LogP contribution in [0.25, 0.3) is 10.1 Å². The highest BCUT2D eigenvalue weighted by molar-refractivity contribution is 7.52. The van der Waals surface area contributed by atoms with Crippen molar-refractivity contribution in [2.45, 2.75) is 119 Å². The van der Waals surface area contributed by atoms with Gasteiger partial charge in [0.25, 0.3) is 11.8 Å². The number of hydrogen-bond acceptors (Lipinski definition) is 12. The third kappa shape index (κ3) is 12.9. The van der Waals surface area contributed by atoms with Gasteiger partial charge < -0.3 is 51.1 Å². The summed E-state index contributed by atoms with van der Waals surface area (Å²) in [7, 11) is -4.10. The first-order valence-electron chi connectivity index (χ1n) is 26.8. The molecule has 5 aliphatic rings. The molecule has 4 saturated heterocycles. The number of likely N-dealkylation sites (tertiary alicyclic amines) is 1. The van der Waals surface area contributed by atoms with Crippen molar-refractivity contribution in [3.8, 4) is 11.8 Å². The van der Waals surface area contributed by atoms with E-state index in [1.165, 1.54) is 21.9 Å². The molecule has 0 bridgehead atoms. The number of benzene rings is 3. The SMILES string of the molecule is CN1CC[C@H]2CC[C@@H](C(=O)NC(CCC(N)=O)C(=O)NC(C(=O)N3CCC(CCC#Cc4cccc5c4CN(C4CCC(=O)NC4=O)C5=O)CC3)c3ccccc3)N2C(=O)[C@@H](NC(=O)c2cc3cc(C(F)(F)P(=O)(O)O)ccc3s2)C1. The van der Waals surface area contributed by atoms with Crippen LogP contribution in [0.5, 0.6) is 0 Å². The zero-order valence-corrected chi connectivity index (χ0v) is 45.9. The van der Waals surface area contributed by atoms with E-state index in [0.717, 1.165) is 35.5 Å². The summed E-state index contributed by atoms with van der Waals surface area (Å²) < 4.78 is 41.0. The van der Waals surface area contributed by atoms with Crippen LogP contribution >= 0.6 is 18.9 Å². The second-order valence-electron chi connectivity index (χ2n) is 21.3. The van der Waals surface area contributed by atoms with Crippen molar-refractivity contribution in [2.75, 3.05) is 33.2 Å². The Kier molecular flexibility index (Phi) is 17.5. The molecule has 3 unspecified atom stereocenters. The van der Waals surface area contributed by atoms with Crippen LogP contribution in [-0.4, -0.2) is 146 Å². The summed E-state index contributed by atoms with van der Waals surface area (Å²) >= 11 is 0.921. The fourth-order valence-electron chi connectivity index (χ4n) is 11.4. The molecule has 0 saturated carbocycles. The zero-order valence-electron chi connectivity index (χ0n) is 44.2. The van der Waals surface area contributed by atoms with Gasteiger partial charge in [0.15, 0.2) is 0 Å². The average Bonchev–Trinajstić information content (AvgIpc) is 4.26. The molecule has 428 valence electrons. The van der Waals surface area contributed by atoms with Crippen LogP contribution in [0.2, 0.25) is 0 Å². The normalized spacial score (nSPS) is 21.7. The smallest absolute Gasteiger partial charge is 0.370 e. The minimum atomic E-state index is -5.87. The van der Waals surface area contributed by atoms with Crippen LogP contribution < -0.4 is 27.0 Å². The predicted octanol–water partition coefficient (Wildman–Crippen LogP) is 3.36. The van der Waals surface area contributed by atoms with Crippen molar-refractivity contribution < 1.29 is 66.3 Å². The highest BCUT2D eigenvalue weighted by atomic mass is 32.1. The minimum Gasteiger partial charge on any atom is -0.370 e. The summed E-state index contributed by atoms with van der Waals surface area (Å²) in [4.78, 5) is 146. The van der Waals surface area contributed by atoms with E-state index in [9.17, 15) is 66.3 Å². The lowest BCUT2D eigenvalue weighted by atomic mass is 9.91. The van der Waals surface area contributed by atoms with E-state index in [0.29, 0.717) is 73.1 Å². The van der Waals surface area contributed by atoms with Gasteiger partial charge in [-0.1, -0.05) is 54.3 Å². The van der Waals surface area contributed by atoms with Crippen LogP contribution in [0, 0.1) is 17.8 Å². The van der Waals surface area contributed by atoms with Gasteiger partial charge in [-0.05, 0) is 118 Å². The molecule has 3 aromatic carbocycles. The third-order valence-electron chi connectivity index (χ3n) is 15.8. The average molecular weight is 1150 g/mol. The fourth-order valence-corrected chi connectivity index (χ4v) is 12.8. The highest BCUT2D eigenvalue weighted by Gasteiger charge is 2.51. The molecule has 6 heterocycles. The van der Waals surface area contributed by atoms with E-state index in [1.54, 1.807) is 54.4 Å². The summed E-state index contributed by atoms with van der Waals surface area (Å²) in [6, 6.07) is 12.1. The van der Waals surface area contributed by atoms with E-state index in [2.05, 4.69) is 33.1 Å². The number of thiophene rings is 1. The molecule has 9 rings (SSSR count). The van der Waals surface area contributed by atoms with Gasteiger partial charge in [-0.25, -0.2) is 0 Å². The van der Waals surface area contributed by atoms with E-state index < -0.39 is 90.5 Å². The maximum atomic E-state index is 14.6. The lowest BCUT2D eigenvalue weighted by Gasteiger charge is -2.38. The van der Waals surface area contributed by atoms with Crippen molar-refractivity contribution in [3.63, 3.8) is 0 Å². The predicted molar refractivity (Wildman–Crippen MR) is 290 cm³/mol. The summed E-state index contributed by atoms with van der Waals surface area (Å²) in [5.74, 6) is 1.69. The number of carbonyl (C=O) groups excluding carboxylic acids is 9. The molecule has 4 fully saturated rings. The van der Waals surface area contributed by atoms with Crippen LogP contribution in [0.3, 0.4) is 0 Å². The maximum absolute atomic E-state index is 14.6. The number of alkyl halides is 2. The second-order valence-corrected chi connectivity index (χ2v) is 24.0. The third-order valence-corrected chi connectivity index (χ3v) is 17.9. The van der Waals surface area contributed by atoms with Crippen LogP contribution in [-0.2, 0) is 50.3 Å². The largest absolute Gasteiger partial charge is 0.399 e. The second kappa shape index (κ2) is 24.4. The van der Waals surface area contributed by atoms with Gasteiger partial charge in [-0.2, -0.15) is 8.78 Å². The molecule has 5 aliphatic heterocycles. The number of nitrogens with two attached hydrogens (primary N) is 1. The van der Waals surface area contributed by atoms with Crippen LogP contribution in [0.4, 0.5) is 8.78 Å². The molecule has 6 atom stereocenters. The lowest BCUT2D eigenvalue weighted by Crippen LogP contribution is -2.61. The number of rotatable bonds is 16. The van der Waals surface area contributed by atoms with Crippen molar-refractivity contribution in [1.29, 1.82) is 0 Å². The number of imide groups is 1. The Morgan fingerprint density at radius 2 is 1.67 bits per heavy atom. The van der Waals surface area contributed by atoms with E-state index in [-0.39, 0.29) is 79.1 Å². The van der Waals surface area contributed by atoms with E-state index in [4.69, 9.17) is 5.73 Å². The monoisotopic (exact) mass is 1150 g/mol. The lowest BCUT2D eigenvalue weighted by molar-refractivity contribution is -0.144. The molecular formula is C56H62F2N9O12PS. The Bertz CT molecular complexity index is 3280. The van der Waals surface area contributed by atoms with Gasteiger partial charge in [0.05, 0.1) is 4.88 Å². The van der Waals surface area contributed by atoms with Gasteiger partial charge in [0.1, 0.15) is 30.2 Å². The molecule has 25 heteroatoms. The maximum Gasteiger partial charge on any atom is 0.399 e. The Morgan fingerprint density at radius 3 is 2.38 bits per heavy atom. The Hall–Kier alpha value is -7.42. The summed E-state index contributed by atoms with van der Waals surface area (Å²) in [5, 5.41) is 10.8. The Morgan fingerprint density at radius 1 is 0.914 bits per heavy atom. The number of hydrogen-bond donors (Lipinski definition) is 7. The number of nitrogens with zero attached hydrogens (tertiary/aromatic N) is 4. The van der Waals surface area contributed by atoms with E-state index in [1.807, 2.05) is 11.0 Å². The number of nitrogens with one attached hydrogen (secondary N) is 4. The van der Waals surface area contributed by atoms with Gasteiger partial charge in [0.2, 0.25) is 41.4 Å². The van der Waals surface area contributed by atoms with Gasteiger partial charge in [-0.3, -0.25) is 53.0 Å². The molecule has 0 spiro atoms. The molecule has 0 radical (unpaired) electrons. The fraction of sp³-hybridized carbons (Fsp3) is 0.446. The molecule has 1 aromatic heterocycles. The highest BCUT2D eigenvalue weighted by Crippen LogP contribution is 2.59. The number of halogens is 2. The summed E-state index contributed by atoms with van der Waals surface area (Å²) in [6.07, 6.45) is 3.59. The van der Waals surface area contributed by atoms with Crippen molar-refractivity contribution in [2.24, 2.45) is 11.7 Å².